The normalized spacial score (nSPS) is 9.67. The van der Waals surface area contributed by atoms with Crippen molar-refractivity contribution in [2.24, 2.45) is 0 Å². The molecule has 0 aliphatic heterocycles. The molecule has 0 heterocycles. The molecule has 1 aromatic rings. The molecule has 0 aliphatic carbocycles. The van der Waals surface area contributed by atoms with E-state index in [0.29, 0.717) is 0 Å². The molecular formula is C13H18N2. The molecule has 0 saturated heterocycles. The molecule has 1 N–H and O–H groups in total. The molecule has 0 unspecified atom stereocenters. The predicted octanol–water partition coefficient (Wildman–Crippen LogP) is 3.47. The molecule has 15 heavy (non-hydrogen) atoms. The molecule has 1 rings (SSSR count). The number of hydrogen-bond acceptors (Lipinski definition) is 2. The van der Waals surface area contributed by atoms with Crippen LogP contribution in [-0.4, -0.2) is 6.54 Å². The third-order valence-corrected chi connectivity index (χ3v) is 2.46. The van der Waals surface area contributed by atoms with E-state index in [1.54, 1.807) is 0 Å². The molecule has 0 fully saturated rings. The monoisotopic (exact) mass is 202 g/mol. The van der Waals surface area contributed by atoms with Crippen LogP contribution in [-0.2, 0) is 0 Å². The average molecular weight is 202 g/mol. The van der Waals surface area contributed by atoms with Gasteiger partial charge in [0, 0.05) is 12.2 Å². The molecule has 0 radical (unpaired) electrons. The minimum absolute atomic E-state index is 0.721. The van der Waals surface area contributed by atoms with Gasteiger partial charge in [-0.2, -0.15) is 5.26 Å². The lowest BCUT2D eigenvalue weighted by Crippen LogP contribution is -2.03. The van der Waals surface area contributed by atoms with Gasteiger partial charge in [-0.15, -0.1) is 0 Å². The van der Waals surface area contributed by atoms with Gasteiger partial charge in [0.25, 0.3) is 0 Å². The summed E-state index contributed by atoms with van der Waals surface area (Å²) < 4.78 is 0. The minimum Gasteiger partial charge on any atom is -0.385 e. The van der Waals surface area contributed by atoms with Gasteiger partial charge >= 0.3 is 0 Å². The van der Waals surface area contributed by atoms with E-state index in [4.69, 9.17) is 5.26 Å². The van der Waals surface area contributed by atoms with Gasteiger partial charge in [-0.25, -0.2) is 0 Å². The van der Waals surface area contributed by atoms with E-state index in [-0.39, 0.29) is 0 Å². The molecule has 80 valence electrons. The van der Waals surface area contributed by atoms with Crippen molar-refractivity contribution >= 4 is 5.69 Å². The Hall–Kier alpha value is -1.49. The lowest BCUT2D eigenvalue weighted by molar-refractivity contribution is 0.743. The van der Waals surface area contributed by atoms with Crippen molar-refractivity contribution in [3.8, 4) is 6.07 Å². The van der Waals surface area contributed by atoms with Crippen molar-refractivity contribution in [2.75, 3.05) is 11.9 Å². The summed E-state index contributed by atoms with van der Waals surface area (Å²) >= 11 is 0. The van der Waals surface area contributed by atoms with Gasteiger partial charge in [0.15, 0.2) is 0 Å². The van der Waals surface area contributed by atoms with E-state index in [2.05, 4.69) is 25.2 Å². The maximum absolute atomic E-state index is 8.78. The lowest BCUT2D eigenvalue weighted by Gasteiger charge is -2.09. The van der Waals surface area contributed by atoms with Crippen LogP contribution in [0.15, 0.2) is 18.2 Å². The molecule has 0 bridgehead atoms. The Morgan fingerprint density at radius 3 is 2.80 bits per heavy atom. The second kappa shape index (κ2) is 6.08. The Morgan fingerprint density at radius 2 is 2.13 bits per heavy atom. The van der Waals surface area contributed by atoms with Crippen molar-refractivity contribution in [1.82, 2.24) is 0 Å². The Bertz CT molecular complexity index is 350. The van der Waals surface area contributed by atoms with Crippen LogP contribution in [0.4, 0.5) is 5.69 Å². The fourth-order valence-electron chi connectivity index (χ4n) is 1.48. The van der Waals surface area contributed by atoms with Crippen molar-refractivity contribution < 1.29 is 0 Å². The van der Waals surface area contributed by atoms with E-state index >= 15 is 0 Å². The largest absolute Gasteiger partial charge is 0.385 e. The van der Waals surface area contributed by atoms with E-state index in [0.717, 1.165) is 17.8 Å². The maximum Gasteiger partial charge on any atom is 0.0992 e. The molecule has 0 aliphatic rings. The van der Waals surface area contributed by atoms with Gasteiger partial charge in [-0.1, -0.05) is 25.8 Å². The molecular weight excluding hydrogens is 184 g/mol. The number of nitrogens with one attached hydrogen (secondary N) is 1. The van der Waals surface area contributed by atoms with Crippen LogP contribution in [0.1, 0.15) is 37.3 Å². The Balaban J connectivity index is 2.56. The highest BCUT2D eigenvalue weighted by Gasteiger charge is 1.98. The molecule has 2 nitrogen and oxygen atoms in total. The van der Waals surface area contributed by atoms with Crippen molar-refractivity contribution in [3.63, 3.8) is 0 Å². The van der Waals surface area contributed by atoms with Crippen LogP contribution in [0.2, 0.25) is 0 Å². The number of hydrogen-bond donors (Lipinski definition) is 1. The number of benzene rings is 1. The summed E-state index contributed by atoms with van der Waals surface area (Å²) in [5, 5.41) is 12.2. The van der Waals surface area contributed by atoms with E-state index in [9.17, 15) is 0 Å². The Morgan fingerprint density at radius 1 is 1.33 bits per heavy atom. The van der Waals surface area contributed by atoms with Crippen molar-refractivity contribution in [1.29, 1.82) is 5.26 Å². The number of aryl methyl sites for hydroxylation is 1. The average Bonchev–Trinajstić information content (AvgIpc) is 2.26. The van der Waals surface area contributed by atoms with Gasteiger partial charge in [-0.3, -0.25) is 0 Å². The third kappa shape index (κ3) is 3.63. The molecule has 2 heteroatoms. The van der Waals surface area contributed by atoms with Crippen molar-refractivity contribution in [3.05, 3.63) is 29.3 Å². The zero-order valence-electron chi connectivity index (χ0n) is 9.51. The van der Waals surface area contributed by atoms with Gasteiger partial charge in [0.2, 0.25) is 0 Å². The van der Waals surface area contributed by atoms with Crippen LogP contribution < -0.4 is 5.32 Å². The summed E-state index contributed by atoms with van der Waals surface area (Å²) in [6.07, 6.45) is 3.68. The second-order valence-electron chi connectivity index (χ2n) is 3.78. The highest BCUT2D eigenvalue weighted by molar-refractivity contribution is 5.55. The number of unbranched alkanes of at least 4 members (excludes halogenated alkanes) is 2. The van der Waals surface area contributed by atoms with E-state index < -0.39 is 0 Å². The predicted molar refractivity (Wildman–Crippen MR) is 63.9 cm³/mol. The number of nitriles is 1. The first kappa shape index (κ1) is 11.6. The van der Waals surface area contributed by atoms with E-state index in [1.165, 1.54) is 24.8 Å². The molecule has 0 aromatic heterocycles. The van der Waals surface area contributed by atoms with Crippen LogP contribution in [0.3, 0.4) is 0 Å². The Kier molecular flexibility index (Phi) is 4.70. The minimum atomic E-state index is 0.721. The molecule has 1 aromatic carbocycles. The summed E-state index contributed by atoms with van der Waals surface area (Å²) in [6.45, 7) is 5.24. The summed E-state index contributed by atoms with van der Waals surface area (Å²) in [5.74, 6) is 0. The first-order valence-electron chi connectivity index (χ1n) is 5.52. The highest BCUT2D eigenvalue weighted by atomic mass is 14.9. The molecule has 0 amide bonds. The number of nitrogens with zero attached hydrogens (tertiary/aromatic N) is 1. The van der Waals surface area contributed by atoms with E-state index in [1.807, 2.05) is 18.2 Å². The smallest absolute Gasteiger partial charge is 0.0992 e. The fraction of sp³-hybridized carbons (Fsp3) is 0.462. The number of anilines is 1. The van der Waals surface area contributed by atoms with Crippen molar-refractivity contribution in [2.45, 2.75) is 33.1 Å². The quantitative estimate of drug-likeness (QED) is 0.742. The number of rotatable bonds is 5. The third-order valence-electron chi connectivity index (χ3n) is 2.46. The van der Waals surface area contributed by atoms with Crippen LogP contribution >= 0.6 is 0 Å². The molecule has 0 spiro atoms. The van der Waals surface area contributed by atoms with Gasteiger partial charge in [0.05, 0.1) is 11.6 Å². The first-order valence-corrected chi connectivity index (χ1v) is 5.52. The first-order chi connectivity index (χ1) is 7.27. The lowest BCUT2D eigenvalue weighted by atomic mass is 10.1. The topological polar surface area (TPSA) is 35.8 Å². The summed E-state index contributed by atoms with van der Waals surface area (Å²) in [5.41, 5.74) is 3.01. The summed E-state index contributed by atoms with van der Waals surface area (Å²) in [6, 6.07) is 7.91. The standard InChI is InChI=1S/C13H18N2/c1-3-4-5-8-15-13-9-12(10-14)7-6-11(13)2/h6-7,9,15H,3-5,8H2,1-2H3. The fourth-order valence-corrected chi connectivity index (χ4v) is 1.48. The van der Waals surface area contributed by atoms with Crippen LogP contribution in [0.25, 0.3) is 0 Å². The zero-order chi connectivity index (χ0) is 11.1. The summed E-state index contributed by atoms with van der Waals surface area (Å²) in [4.78, 5) is 0. The van der Waals surface area contributed by atoms with Gasteiger partial charge in [-0.05, 0) is 31.0 Å². The molecule has 0 atom stereocenters. The second-order valence-corrected chi connectivity index (χ2v) is 3.78. The molecule has 0 saturated carbocycles. The van der Waals surface area contributed by atoms with Crippen LogP contribution in [0.5, 0.6) is 0 Å². The van der Waals surface area contributed by atoms with Gasteiger partial charge in [0.1, 0.15) is 0 Å². The summed E-state index contributed by atoms with van der Waals surface area (Å²) in [7, 11) is 0. The van der Waals surface area contributed by atoms with Crippen LogP contribution in [0, 0.1) is 18.3 Å². The SMILES string of the molecule is CCCCCNc1cc(C#N)ccc1C. The van der Waals surface area contributed by atoms with Gasteiger partial charge < -0.3 is 5.32 Å². The zero-order valence-corrected chi connectivity index (χ0v) is 9.51. The Labute approximate surface area is 91.9 Å². The maximum atomic E-state index is 8.78. The highest BCUT2D eigenvalue weighted by Crippen LogP contribution is 2.16.